The quantitative estimate of drug-likeness (QED) is 0.838. The highest BCUT2D eigenvalue weighted by atomic mass is 16.3. The van der Waals surface area contributed by atoms with Gasteiger partial charge < -0.3 is 10.4 Å². The first kappa shape index (κ1) is 12.1. The van der Waals surface area contributed by atoms with Crippen molar-refractivity contribution in [2.45, 2.75) is 32.1 Å². The Morgan fingerprint density at radius 3 is 2.76 bits per heavy atom. The largest absolute Gasteiger partial charge is 0.396 e. The first-order valence-corrected chi connectivity index (χ1v) is 6.16. The summed E-state index contributed by atoms with van der Waals surface area (Å²) >= 11 is 0. The molecule has 1 aromatic rings. The van der Waals surface area contributed by atoms with E-state index in [2.05, 4.69) is 12.2 Å². The number of benzene rings is 1. The van der Waals surface area contributed by atoms with Crippen LogP contribution in [0.3, 0.4) is 0 Å². The normalized spacial score (nSPS) is 24.3. The van der Waals surface area contributed by atoms with E-state index in [0.29, 0.717) is 6.42 Å². The molecule has 1 amide bonds. The summed E-state index contributed by atoms with van der Waals surface area (Å²) < 4.78 is 0. The highest BCUT2D eigenvalue weighted by molar-refractivity contribution is 6.06. The second-order valence-corrected chi connectivity index (χ2v) is 4.82. The van der Waals surface area contributed by atoms with E-state index in [1.807, 2.05) is 31.2 Å². The van der Waals surface area contributed by atoms with Crippen LogP contribution >= 0.6 is 0 Å². The van der Waals surface area contributed by atoms with Crippen LogP contribution in [-0.4, -0.2) is 17.6 Å². The third-order valence-corrected chi connectivity index (χ3v) is 3.99. The zero-order valence-electron chi connectivity index (χ0n) is 10.4. The maximum atomic E-state index is 12.2. The highest BCUT2D eigenvalue weighted by Gasteiger charge is 2.47. The molecule has 3 nitrogen and oxygen atoms in total. The zero-order chi connectivity index (χ0) is 12.5. The number of aliphatic hydroxyl groups is 1. The minimum Gasteiger partial charge on any atom is -0.396 e. The Labute approximate surface area is 102 Å². The lowest BCUT2D eigenvalue weighted by Crippen LogP contribution is -2.39. The number of para-hydroxylation sites is 1. The van der Waals surface area contributed by atoms with Crippen LogP contribution in [-0.2, 0) is 10.2 Å². The highest BCUT2D eigenvalue weighted by Crippen LogP contribution is 2.44. The molecule has 92 valence electrons. The van der Waals surface area contributed by atoms with E-state index in [-0.39, 0.29) is 18.4 Å². The third kappa shape index (κ3) is 1.75. The minimum absolute atomic E-state index is 0.0546. The molecule has 0 aliphatic carbocycles. The van der Waals surface area contributed by atoms with Crippen LogP contribution in [0.1, 0.15) is 32.3 Å². The maximum Gasteiger partial charge on any atom is 0.235 e. The smallest absolute Gasteiger partial charge is 0.235 e. The number of anilines is 1. The maximum absolute atomic E-state index is 12.2. The predicted octanol–water partition coefficient (Wildman–Crippen LogP) is 2.31. The summed E-state index contributed by atoms with van der Waals surface area (Å²) in [6.07, 6.45) is 1.55. The van der Waals surface area contributed by atoms with Crippen LogP contribution in [0.4, 0.5) is 5.69 Å². The molecule has 1 heterocycles. The Hall–Kier alpha value is -1.35. The van der Waals surface area contributed by atoms with Crippen molar-refractivity contribution >= 4 is 11.6 Å². The van der Waals surface area contributed by atoms with Crippen molar-refractivity contribution < 1.29 is 9.90 Å². The second-order valence-electron chi connectivity index (χ2n) is 4.82. The molecule has 1 aromatic carbocycles. The van der Waals surface area contributed by atoms with Gasteiger partial charge in [-0.1, -0.05) is 31.5 Å². The fourth-order valence-electron chi connectivity index (χ4n) is 2.88. The van der Waals surface area contributed by atoms with Crippen LogP contribution in [0.15, 0.2) is 24.3 Å². The van der Waals surface area contributed by atoms with Gasteiger partial charge in [0.2, 0.25) is 5.91 Å². The Morgan fingerprint density at radius 2 is 2.12 bits per heavy atom. The molecule has 2 rings (SSSR count). The summed E-state index contributed by atoms with van der Waals surface area (Å²) in [5.74, 6) is 0.232. The molecule has 0 fully saturated rings. The molecule has 0 saturated carbocycles. The molecule has 0 radical (unpaired) electrons. The van der Waals surface area contributed by atoms with Gasteiger partial charge in [0.15, 0.2) is 0 Å². The number of nitrogens with one attached hydrogen (secondary N) is 1. The monoisotopic (exact) mass is 233 g/mol. The summed E-state index contributed by atoms with van der Waals surface area (Å²) in [5.41, 5.74) is 1.47. The summed E-state index contributed by atoms with van der Waals surface area (Å²) in [4.78, 5) is 12.2. The van der Waals surface area contributed by atoms with E-state index in [0.717, 1.165) is 17.7 Å². The fourth-order valence-corrected chi connectivity index (χ4v) is 2.88. The number of hydrogen-bond acceptors (Lipinski definition) is 2. The van der Waals surface area contributed by atoms with Crippen molar-refractivity contribution in [2.24, 2.45) is 5.92 Å². The first-order chi connectivity index (χ1) is 8.14. The minimum atomic E-state index is -0.506. The number of carbonyl (C=O) groups is 1. The number of carbonyl (C=O) groups excluding carboxylic acids is 1. The second kappa shape index (κ2) is 4.49. The molecule has 2 unspecified atom stereocenters. The van der Waals surface area contributed by atoms with Crippen LogP contribution in [0.5, 0.6) is 0 Å². The Morgan fingerprint density at radius 1 is 1.41 bits per heavy atom. The summed E-state index contributed by atoms with van der Waals surface area (Å²) in [5, 5.41) is 12.1. The van der Waals surface area contributed by atoms with E-state index in [9.17, 15) is 4.79 Å². The van der Waals surface area contributed by atoms with Crippen LogP contribution in [0.2, 0.25) is 0 Å². The van der Waals surface area contributed by atoms with E-state index in [1.54, 1.807) is 0 Å². The average Bonchev–Trinajstić information content (AvgIpc) is 2.60. The molecule has 0 aromatic heterocycles. The lowest BCUT2D eigenvalue weighted by molar-refractivity contribution is -0.122. The van der Waals surface area contributed by atoms with E-state index in [4.69, 9.17) is 5.11 Å². The average molecular weight is 233 g/mol. The van der Waals surface area contributed by atoms with Gasteiger partial charge in [0.05, 0.1) is 5.41 Å². The molecule has 17 heavy (non-hydrogen) atoms. The molecule has 3 heteroatoms. The molecule has 2 atom stereocenters. The van der Waals surface area contributed by atoms with Gasteiger partial charge in [0, 0.05) is 12.3 Å². The van der Waals surface area contributed by atoms with Gasteiger partial charge in [-0.15, -0.1) is 0 Å². The number of amides is 1. The van der Waals surface area contributed by atoms with E-state index < -0.39 is 5.41 Å². The topological polar surface area (TPSA) is 49.3 Å². The lowest BCUT2D eigenvalue weighted by Gasteiger charge is -2.31. The molecular weight excluding hydrogens is 214 g/mol. The first-order valence-electron chi connectivity index (χ1n) is 6.16. The van der Waals surface area contributed by atoms with Gasteiger partial charge >= 0.3 is 0 Å². The predicted molar refractivity (Wildman–Crippen MR) is 67.9 cm³/mol. The van der Waals surface area contributed by atoms with Gasteiger partial charge in [0.25, 0.3) is 0 Å². The number of rotatable bonds is 4. The van der Waals surface area contributed by atoms with Gasteiger partial charge in [-0.05, 0) is 30.9 Å². The standard InChI is InChI=1S/C14H19NO2/c1-3-10(8-9-16)14(2)11-6-4-5-7-12(11)15-13(14)17/h4-7,10,16H,3,8-9H2,1-2H3,(H,15,17). The number of aliphatic hydroxyl groups excluding tert-OH is 1. The molecule has 0 bridgehead atoms. The van der Waals surface area contributed by atoms with Crippen molar-refractivity contribution in [1.82, 2.24) is 0 Å². The zero-order valence-corrected chi connectivity index (χ0v) is 10.4. The molecular formula is C14H19NO2. The number of hydrogen-bond donors (Lipinski definition) is 2. The molecule has 2 N–H and O–H groups in total. The Kier molecular flexibility index (Phi) is 3.20. The van der Waals surface area contributed by atoms with Crippen molar-refractivity contribution in [3.63, 3.8) is 0 Å². The fraction of sp³-hybridized carbons (Fsp3) is 0.500. The van der Waals surface area contributed by atoms with E-state index in [1.165, 1.54) is 0 Å². The Balaban J connectivity index is 2.45. The van der Waals surface area contributed by atoms with Crippen molar-refractivity contribution in [2.75, 3.05) is 11.9 Å². The molecule has 1 aliphatic rings. The number of fused-ring (bicyclic) bond motifs is 1. The summed E-state index contributed by atoms with van der Waals surface area (Å²) in [6.45, 7) is 4.18. The Bertz CT molecular complexity index is 430. The summed E-state index contributed by atoms with van der Waals surface area (Å²) in [7, 11) is 0. The third-order valence-electron chi connectivity index (χ3n) is 3.99. The van der Waals surface area contributed by atoms with Crippen molar-refractivity contribution in [3.05, 3.63) is 29.8 Å². The van der Waals surface area contributed by atoms with E-state index >= 15 is 0 Å². The lowest BCUT2D eigenvalue weighted by atomic mass is 9.70. The molecule has 0 spiro atoms. The van der Waals surface area contributed by atoms with Gasteiger partial charge in [-0.3, -0.25) is 4.79 Å². The molecule has 1 aliphatic heterocycles. The van der Waals surface area contributed by atoms with Gasteiger partial charge in [-0.2, -0.15) is 0 Å². The van der Waals surface area contributed by atoms with Gasteiger partial charge in [0.1, 0.15) is 0 Å². The van der Waals surface area contributed by atoms with Crippen LogP contribution in [0.25, 0.3) is 0 Å². The van der Waals surface area contributed by atoms with Crippen molar-refractivity contribution in [1.29, 1.82) is 0 Å². The van der Waals surface area contributed by atoms with Gasteiger partial charge in [-0.25, -0.2) is 0 Å². The van der Waals surface area contributed by atoms with Crippen molar-refractivity contribution in [3.8, 4) is 0 Å². The molecule has 0 saturated heterocycles. The van der Waals surface area contributed by atoms with Crippen LogP contribution < -0.4 is 5.32 Å². The van der Waals surface area contributed by atoms with Crippen LogP contribution in [0, 0.1) is 5.92 Å². The SMILES string of the molecule is CCC(CCO)C1(C)C(=O)Nc2ccccc21. The summed E-state index contributed by atoms with van der Waals surface area (Å²) in [6, 6.07) is 7.83.